The Morgan fingerprint density at radius 3 is 2.82 bits per heavy atom. The first-order valence-corrected chi connectivity index (χ1v) is 5.61. The largest absolute Gasteiger partial charge is 0.508 e. The van der Waals surface area contributed by atoms with E-state index >= 15 is 0 Å². The Morgan fingerprint density at radius 2 is 2.12 bits per heavy atom. The first-order valence-electron chi connectivity index (χ1n) is 5.61. The van der Waals surface area contributed by atoms with E-state index in [-0.39, 0.29) is 6.04 Å². The summed E-state index contributed by atoms with van der Waals surface area (Å²) >= 11 is 0. The third kappa shape index (κ3) is 2.56. The fraction of sp³-hybridized carbons (Fsp3) is 0.214. The SMILES string of the molecule is CC(=N)C1C=CC=CN1Cc1ccccc1O. The van der Waals surface area contributed by atoms with Crippen LogP contribution in [0.4, 0.5) is 0 Å². The zero-order valence-electron chi connectivity index (χ0n) is 9.80. The highest BCUT2D eigenvalue weighted by atomic mass is 16.3. The van der Waals surface area contributed by atoms with E-state index in [1.54, 1.807) is 13.0 Å². The molecule has 17 heavy (non-hydrogen) atoms. The van der Waals surface area contributed by atoms with Gasteiger partial charge in [-0.25, -0.2) is 0 Å². The molecule has 3 nitrogen and oxygen atoms in total. The molecule has 1 unspecified atom stereocenters. The van der Waals surface area contributed by atoms with Gasteiger partial charge in [-0.3, -0.25) is 0 Å². The number of phenols is 1. The van der Waals surface area contributed by atoms with E-state index in [4.69, 9.17) is 5.41 Å². The standard InChI is InChI=1S/C14H16N2O/c1-11(15)13-7-4-5-9-16(13)10-12-6-2-3-8-14(12)17/h2-9,13,15,17H,10H2,1H3. The van der Waals surface area contributed by atoms with Crippen LogP contribution in [-0.4, -0.2) is 21.8 Å². The smallest absolute Gasteiger partial charge is 0.120 e. The summed E-state index contributed by atoms with van der Waals surface area (Å²) in [7, 11) is 0. The van der Waals surface area contributed by atoms with Crippen LogP contribution in [0.15, 0.2) is 48.7 Å². The highest BCUT2D eigenvalue weighted by Crippen LogP contribution is 2.21. The maximum atomic E-state index is 9.74. The van der Waals surface area contributed by atoms with Gasteiger partial charge in [0.1, 0.15) is 5.75 Å². The Balaban J connectivity index is 2.18. The van der Waals surface area contributed by atoms with E-state index in [2.05, 4.69) is 0 Å². The van der Waals surface area contributed by atoms with Gasteiger partial charge in [0.05, 0.1) is 6.04 Å². The molecule has 88 valence electrons. The number of para-hydroxylation sites is 1. The minimum absolute atomic E-state index is 0.0143. The van der Waals surface area contributed by atoms with Gasteiger partial charge >= 0.3 is 0 Å². The number of phenolic OH excluding ortho intramolecular Hbond substituents is 1. The molecule has 1 aromatic rings. The zero-order chi connectivity index (χ0) is 12.3. The number of hydrogen-bond donors (Lipinski definition) is 2. The maximum Gasteiger partial charge on any atom is 0.120 e. The quantitative estimate of drug-likeness (QED) is 0.781. The maximum absolute atomic E-state index is 9.74. The molecule has 0 radical (unpaired) electrons. The van der Waals surface area contributed by atoms with Crippen LogP contribution >= 0.6 is 0 Å². The number of hydrogen-bond acceptors (Lipinski definition) is 3. The summed E-state index contributed by atoms with van der Waals surface area (Å²) in [6.07, 6.45) is 7.83. The molecule has 1 aromatic carbocycles. The predicted molar refractivity (Wildman–Crippen MR) is 69.1 cm³/mol. The van der Waals surface area contributed by atoms with E-state index in [1.165, 1.54) is 0 Å². The normalized spacial score (nSPS) is 18.4. The summed E-state index contributed by atoms with van der Waals surface area (Å²) in [6, 6.07) is 7.29. The Hall–Kier alpha value is -2.03. The number of rotatable bonds is 3. The fourth-order valence-electron chi connectivity index (χ4n) is 1.92. The van der Waals surface area contributed by atoms with E-state index in [0.29, 0.717) is 18.0 Å². The molecule has 2 rings (SSSR count). The second-order valence-electron chi connectivity index (χ2n) is 4.16. The first kappa shape index (κ1) is 11.5. The highest BCUT2D eigenvalue weighted by molar-refractivity contribution is 5.86. The summed E-state index contributed by atoms with van der Waals surface area (Å²) in [6.45, 7) is 2.40. The van der Waals surface area contributed by atoms with Gasteiger partial charge in [-0.1, -0.05) is 30.4 Å². The molecule has 3 heteroatoms. The van der Waals surface area contributed by atoms with Crippen molar-refractivity contribution in [2.75, 3.05) is 0 Å². The molecule has 1 heterocycles. The molecular weight excluding hydrogens is 212 g/mol. The lowest BCUT2D eigenvalue weighted by molar-refractivity contribution is 0.352. The van der Waals surface area contributed by atoms with E-state index in [1.807, 2.05) is 47.5 Å². The molecule has 0 fully saturated rings. The van der Waals surface area contributed by atoms with Crippen LogP contribution < -0.4 is 0 Å². The molecule has 0 spiro atoms. The first-order chi connectivity index (χ1) is 8.18. The summed E-state index contributed by atoms with van der Waals surface area (Å²) in [4.78, 5) is 2.04. The van der Waals surface area contributed by atoms with E-state index in [0.717, 1.165) is 5.56 Å². The third-order valence-electron chi connectivity index (χ3n) is 2.83. The van der Waals surface area contributed by atoms with Gasteiger partial charge in [0, 0.05) is 24.0 Å². The van der Waals surface area contributed by atoms with Crippen LogP contribution in [0.5, 0.6) is 5.75 Å². The lowest BCUT2D eigenvalue weighted by Gasteiger charge is -2.30. The van der Waals surface area contributed by atoms with Crippen LogP contribution in [0.2, 0.25) is 0 Å². The number of nitrogens with zero attached hydrogens (tertiary/aromatic N) is 1. The fourth-order valence-corrected chi connectivity index (χ4v) is 1.92. The third-order valence-corrected chi connectivity index (χ3v) is 2.83. The summed E-state index contributed by atoms with van der Waals surface area (Å²) < 4.78 is 0. The zero-order valence-corrected chi connectivity index (χ0v) is 9.80. The van der Waals surface area contributed by atoms with Crippen molar-refractivity contribution in [2.24, 2.45) is 0 Å². The average Bonchev–Trinajstić information content (AvgIpc) is 2.32. The van der Waals surface area contributed by atoms with E-state index < -0.39 is 0 Å². The Kier molecular flexibility index (Phi) is 3.28. The number of nitrogens with one attached hydrogen (secondary N) is 1. The number of benzene rings is 1. The second-order valence-corrected chi connectivity index (χ2v) is 4.16. The minimum Gasteiger partial charge on any atom is -0.508 e. The van der Waals surface area contributed by atoms with Gasteiger partial charge in [0.2, 0.25) is 0 Å². The van der Waals surface area contributed by atoms with Crippen molar-refractivity contribution in [3.63, 3.8) is 0 Å². The molecule has 2 N–H and O–H groups in total. The molecule has 0 aliphatic carbocycles. The van der Waals surface area contributed by atoms with Crippen molar-refractivity contribution in [1.29, 1.82) is 5.41 Å². The molecular formula is C14H16N2O. The van der Waals surface area contributed by atoms with Gasteiger partial charge < -0.3 is 15.4 Å². The van der Waals surface area contributed by atoms with Gasteiger partial charge in [-0.15, -0.1) is 0 Å². The van der Waals surface area contributed by atoms with Crippen molar-refractivity contribution in [1.82, 2.24) is 4.90 Å². The number of aromatic hydroxyl groups is 1. The van der Waals surface area contributed by atoms with Crippen molar-refractivity contribution >= 4 is 5.71 Å². The van der Waals surface area contributed by atoms with Crippen molar-refractivity contribution in [3.8, 4) is 5.75 Å². The summed E-state index contributed by atoms with van der Waals surface area (Å²) in [5, 5.41) is 17.5. The highest BCUT2D eigenvalue weighted by Gasteiger charge is 2.17. The Morgan fingerprint density at radius 1 is 1.35 bits per heavy atom. The lowest BCUT2D eigenvalue weighted by atomic mass is 10.1. The molecule has 0 bridgehead atoms. The lowest BCUT2D eigenvalue weighted by Crippen LogP contribution is -2.35. The van der Waals surface area contributed by atoms with Crippen LogP contribution in [0, 0.1) is 5.41 Å². The van der Waals surface area contributed by atoms with Gasteiger partial charge in [0.25, 0.3) is 0 Å². The molecule has 1 aliphatic heterocycles. The van der Waals surface area contributed by atoms with Gasteiger partial charge in [-0.05, 0) is 19.1 Å². The molecule has 0 saturated heterocycles. The second kappa shape index (κ2) is 4.87. The van der Waals surface area contributed by atoms with Crippen LogP contribution in [0.25, 0.3) is 0 Å². The molecule has 0 saturated carbocycles. The van der Waals surface area contributed by atoms with Crippen LogP contribution in [-0.2, 0) is 6.54 Å². The Labute approximate surface area is 101 Å². The van der Waals surface area contributed by atoms with Crippen molar-refractivity contribution < 1.29 is 5.11 Å². The Bertz CT molecular complexity index is 477. The molecule has 1 atom stereocenters. The summed E-state index contributed by atoms with van der Waals surface area (Å²) in [5.41, 5.74) is 1.47. The van der Waals surface area contributed by atoms with Crippen LogP contribution in [0.3, 0.4) is 0 Å². The summed E-state index contributed by atoms with van der Waals surface area (Å²) in [5.74, 6) is 0.303. The molecule has 0 amide bonds. The number of allylic oxidation sites excluding steroid dienone is 2. The monoisotopic (exact) mass is 228 g/mol. The van der Waals surface area contributed by atoms with E-state index in [9.17, 15) is 5.11 Å². The average molecular weight is 228 g/mol. The van der Waals surface area contributed by atoms with Crippen LogP contribution in [0.1, 0.15) is 12.5 Å². The van der Waals surface area contributed by atoms with Gasteiger partial charge in [-0.2, -0.15) is 0 Å². The predicted octanol–water partition coefficient (Wildman–Crippen LogP) is 2.69. The minimum atomic E-state index is -0.0143. The molecule has 1 aliphatic rings. The van der Waals surface area contributed by atoms with Crippen molar-refractivity contribution in [2.45, 2.75) is 19.5 Å². The topological polar surface area (TPSA) is 47.3 Å². The molecule has 0 aromatic heterocycles. The van der Waals surface area contributed by atoms with Crippen molar-refractivity contribution in [3.05, 3.63) is 54.3 Å². The van der Waals surface area contributed by atoms with Gasteiger partial charge in [0.15, 0.2) is 0 Å².